The molecule has 74 heavy (non-hydrogen) atoms. The fourth-order valence-corrected chi connectivity index (χ4v) is 12.7. The highest BCUT2D eigenvalue weighted by Gasteiger charge is 2.39. The van der Waals surface area contributed by atoms with Gasteiger partial charge in [-0.15, -0.1) is 0 Å². The fraction of sp³-hybridized carbons (Fsp3) is 0.0896. The number of nitriles is 3. The molecule has 14 rings (SSSR count). The fourth-order valence-electron chi connectivity index (χ4n) is 12.7. The van der Waals surface area contributed by atoms with Gasteiger partial charge in [-0.1, -0.05) is 167 Å². The van der Waals surface area contributed by atoms with E-state index in [1.807, 2.05) is 78.9 Å². The molecule has 9 aromatic carbocycles. The maximum atomic E-state index is 11.2. The Hall–Kier alpha value is -9.87. The highest BCUT2D eigenvalue weighted by molar-refractivity contribution is 6.19. The van der Waals surface area contributed by atoms with Crippen molar-refractivity contribution in [3.63, 3.8) is 0 Å². The molecular weight excluding hydrogens is 903 g/mol. The number of para-hydroxylation sites is 2. The molecule has 0 unspecified atom stereocenters. The molecule has 346 valence electrons. The van der Waals surface area contributed by atoms with Crippen LogP contribution in [0.3, 0.4) is 0 Å². The van der Waals surface area contributed by atoms with Gasteiger partial charge in [-0.3, -0.25) is 0 Å². The number of hydrogen-bond acceptors (Lipinski definition) is 5. The third-order valence-electron chi connectivity index (χ3n) is 16.1. The number of benzene rings is 9. The van der Waals surface area contributed by atoms with Crippen LogP contribution >= 0.6 is 0 Å². The summed E-state index contributed by atoms with van der Waals surface area (Å²) in [6.07, 6.45) is 0. The zero-order chi connectivity index (χ0) is 50.2. The number of aromatic nitrogens is 4. The van der Waals surface area contributed by atoms with Gasteiger partial charge in [0, 0.05) is 49.1 Å². The summed E-state index contributed by atoms with van der Waals surface area (Å²) in [7, 11) is 0. The molecule has 0 spiro atoms. The average Bonchev–Trinajstić information content (AvgIpc) is 4.21. The lowest BCUT2D eigenvalue weighted by atomic mass is 9.82. The quantitative estimate of drug-likeness (QED) is 0.171. The third kappa shape index (κ3) is 5.80. The molecule has 0 atom stereocenters. The summed E-state index contributed by atoms with van der Waals surface area (Å²) in [6.45, 7) is 9.17. The Kier molecular flexibility index (Phi) is 9.04. The van der Waals surface area contributed by atoms with Crippen LogP contribution in [0.4, 0.5) is 0 Å². The van der Waals surface area contributed by atoms with Crippen LogP contribution in [-0.4, -0.2) is 19.1 Å². The van der Waals surface area contributed by atoms with Crippen molar-refractivity contribution >= 4 is 43.6 Å². The minimum atomic E-state index is -0.174. The molecular formula is C67H43N7. The molecule has 0 amide bonds. The largest absolute Gasteiger partial charge is 0.308 e. The maximum absolute atomic E-state index is 11.2. The lowest BCUT2D eigenvalue weighted by molar-refractivity contribution is 0.660. The van der Waals surface area contributed by atoms with Crippen LogP contribution in [-0.2, 0) is 10.8 Å². The first-order chi connectivity index (χ1) is 36.1. The molecule has 2 aliphatic rings. The van der Waals surface area contributed by atoms with E-state index in [1.54, 1.807) is 0 Å². The minimum Gasteiger partial charge on any atom is -0.308 e. The maximum Gasteiger partial charge on any atom is 0.160 e. The third-order valence-corrected chi connectivity index (χ3v) is 16.1. The molecule has 0 bridgehead atoms. The smallest absolute Gasteiger partial charge is 0.160 e. The van der Waals surface area contributed by atoms with Gasteiger partial charge < -0.3 is 9.13 Å². The van der Waals surface area contributed by atoms with Gasteiger partial charge in [0.05, 0.1) is 56.0 Å². The summed E-state index contributed by atoms with van der Waals surface area (Å²) < 4.78 is 4.39. The number of rotatable bonds is 5. The number of nitrogens with zero attached hydrogens (tertiary/aromatic N) is 7. The van der Waals surface area contributed by atoms with E-state index < -0.39 is 0 Å². The monoisotopic (exact) mass is 945 g/mol. The minimum absolute atomic E-state index is 0.174. The van der Waals surface area contributed by atoms with Crippen LogP contribution in [0.15, 0.2) is 188 Å². The zero-order valence-corrected chi connectivity index (χ0v) is 41.0. The summed E-state index contributed by atoms with van der Waals surface area (Å²) in [5, 5.41) is 37.9. The lowest BCUT2D eigenvalue weighted by Crippen LogP contribution is -2.14. The second-order valence-electron chi connectivity index (χ2n) is 20.6. The molecule has 12 aromatic rings. The van der Waals surface area contributed by atoms with Gasteiger partial charge in [-0.25, -0.2) is 9.97 Å². The molecule has 0 N–H and O–H groups in total. The molecule has 0 radical (unpaired) electrons. The van der Waals surface area contributed by atoms with Gasteiger partial charge in [-0.05, 0) is 93.0 Å². The molecule has 0 aliphatic heterocycles. The SMILES string of the molecule is CC1(C)c2ccccc2-c2c1ccc1c2c2ccccc2n1-c1ccc(-c2nc(-c3ccccc3)nc(-c3ccc(-n4c5ccccc5c5c6c(ccc54)C(C)(C)c4ccccc4-6)c(C#N)c3)c2C#N)cc1C#N. The van der Waals surface area contributed by atoms with Crippen LogP contribution in [0.25, 0.3) is 111 Å². The second-order valence-corrected chi connectivity index (χ2v) is 20.6. The summed E-state index contributed by atoms with van der Waals surface area (Å²) >= 11 is 0. The standard InChI is InChI=1S/C67H43N7/c1-66(2)49-22-12-8-18-44(49)59-51(66)28-32-57-61(59)46-20-10-14-24-55(46)73(57)53-30-26-40(34-42(53)36-68)63-48(38-70)64(72-65(71-63)39-16-6-5-7-17-39)41-27-31-54(43(35-41)37-69)74-56-25-15-11-21-47(56)62-58(74)33-29-52-60(62)45-19-9-13-23-50(45)67(52,3)4/h5-35H,1-4H3. The Morgan fingerprint density at radius 3 is 1.28 bits per heavy atom. The van der Waals surface area contributed by atoms with E-state index in [4.69, 9.17) is 9.97 Å². The summed E-state index contributed by atoms with van der Waals surface area (Å²) in [6, 6.07) is 71.8. The molecule has 2 aliphatic carbocycles. The molecule has 0 saturated heterocycles. The highest BCUT2D eigenvalue weighted by Crippen LogP contribution is 2.55. The summed E-state index contributed by atoms with van der Waals surface area (Å²) in [4.78, 5) is 10.2. The molecule has 0 saturated carbocycles. The van der Waals surface area contributed by atoms with Gasteiger partial charge in [0.25, 0.3) is 0 Å². The first-order valence-corrected chi connectivity index (χ1v) is 24.9. The van der Waals surface area contributed by atoms with E-state index in [-0.39, 0.29) is 16.4 Å². The Morgan fingerprint density at radius 1 is 0.392 bits per heavy atom. The van der Waals surface area contributed by atoms with Crippen molar-refractivity contribution in [3.8, 4) is 85.7 Å². The summed E-state index contributed by atoms with van der Waals surface area (Å²) in [5.74, 6) is 0.415. The first-order valence-electron chi connectivity index (χ1n) is 24.9. The van der Waals surface area contributed by atoms with Crippen LogP contribution < -0.4 is 0 Å². The van der Waals surface area contributed by atoms with Gasteiger partial charge >= 0.3 is 0 Å². The predicted molar refractivity (Wildman–Crippen MR) is 296 cm³/mol. The van der Waals surface area contributed by atoms with Crippen molar-refractivity contribution in [1.29, 1.82) is 15.8 Å². The molecule has 3 aromatic heterocycles. The molecule has 7 heteroatoms. The molecule has 7 nitrogen and oxygen atoms in total. The van der Waals surface area contributed by atoms with E-state index in [0.29, 0.717) is 39.5 Å². The normalized spacial score (nSPS) is 13.6. The van der Waals surface area contributed by atoms with Crippen molar-refractivity contribution < 1.29 is 0 Å². The first kappa shape index (κ1) is 43.0. The zero-order valence-electron chi connectivity index (χ0n) is 41.0. The summed E-state index contributed by atoms with van der Waals surface area (Å²) in [5.41, 5.74) is 19.0. The van der Waals surface area contributed by atoms with E-state index in [1.165, 1.54) is 44.5 Å². The van der Waals surface area contributed by atoms with Gasteiger partial charge in [-0.2, -0.15) is 15.8 Å². The average molecular weight is 946 g/mol. The van der Waals surface area contributed by atoms with Crippen LogP contribution in [0.2, 0.25) is 0 Å². The van der Waals surface area contributed by atoms with Gasteiger partial charge in [0.15, 0.2) is 5.82 Å². The number of fused-ring (bicyclic) bond motifs is 14. The van der Waals surface area contributed by atoms with Crippen LogP contribution in [0, 0.1) is 34.0 Å². The van der Waals surface area contributed by atoms with E-state index >= 15 is 0 Å². The Morgan fingerprint density at radius 2 is 0.824 bits per heavy atom. The predicted octanol–water partition coefficient (Wildman–Crippen LogP) is 15.9. The Labute approximate surface area is 427 Å². The van der Waals surface area contributed by atoms with E-state index in [2.05, 4.69) is 164 Å². The second kappa shape index (κ2) is 15.6. The molecule has 0 fully saturated rings. The van der Waals surface area contributed by atoms with Crippen molar-refractivity contribution in [2.24, 2.45) is 0 Å². The highest BCUT2D eigenvalue weighted by atomic mass is 15.0. The topological polar surface area (TPSA) is 107 Å². The van der Waals surface area contributed by atoms with Gasteiger partial charge in [0.2, 0.25) is 0 Å². The van der Waals surface area contributed by atoms with Crippen LogP contribution in [0.1, 0.15) is 66.6 Å². The van der Waals surface area contributed by atoms with Crippen molar-refractivity contribution in [1.82, 2.24) is 19.1 Å². The lowest BCUT2D eigenvalue weighted by Gasteiger charge is -2.21. The van der Waals surface area contributed by atoms with E-state index in [0.717, 1.165) is 60.5 Å². The molecule has 3 heterocycles. The Bertz CT molecular complexity index is 4320. The van der Waals surface area contributed by atoms with Crippen molar-refractivity contribution in [2.75, 3.05) is 0 Å². The van der Waals surface area contributed by atoms with Crippen molar-refractivity contribution in [3.05, 3.63) is 227 Å². The Balaban J connectivity index is 0.946. The van der Waals surface area contributed by atoms with Gasteiger partial charge in [0.1, 0.15) is 23.8 Å². The van der Waals surface area contributed by atoms with Crippen molar-refractivity contribution in [2.45, 2.75) is 38.5 Å². The number of hydrogen-bond donors (Lipinski definition) is 0. The van der Waals surface area contributed by atoms with Crippen LogP contribution in [0.5, 0.6) is 0 Å². The van der Waals surface area contributed by atoms with E-state index in [9.17, 15) is 15.8 Å².